The van der Waals surface area contributed by atoms with Crippen molar-refractivity contribution in [3.8, 4) is 0 Å². The van der Waals surface area contributed by atoms with Crippen LogP contribution >= 0.6 is 0 Å². The number of anilines is 2. The molecule has 220 valence electrons. The van der Waals surface area contributed by atoms with Crippen LogP contribution in [0, 0.1) is 6.92 Å². The quantitative estimate of drug-likeness (QED) is 0.445. The number of halogens is 3. The number of morpholine rings is 1. The van der Waals surface area contributed by atoms with Crippen LogP contribution in [-0.4, -0.2) is 77.8 Å². The fraction of sp³-hybridized carbons (Fsp3) is 0.500. The Bertz CT molecular complexity index is 1480. The molecule has 41 heavy (non-hydrogen) atoms. The summed E-state index contributed by atoms with van der Waals surface area (Å²) in [5.74, 6) is -0.446. The van der Waals surface area contributed by atoms with Gasteiger partial charge in [0.25, 0.3) is 0 Å². The number of nitrogens with one attached hydrogen (secondary N) is 2. The van der Waals surface area contributed by atoms with Gasteiger partial charge in [0, 0.05) is 57.2 Å². The van der Waals surface area contributed by atoms with Crippen molar-refractivity contribution in [2.75, 3.05) is 62.7 Å². The van der Waals surface area contributed by atoms with Crippen molar-refractivity contribution in [1.29, 1.82) is 0 Å². The monoisotopic (exact) mass is 573 g/mol. The lowest BCUT2D eigenvalue weighted by Gasteiger charge is -2.32. The highest BCUT2D eigenvalue weighted by molar-refractivity contribution is 5.92. The molecule has 5 rings (SSSR count). The summed E-state index contributed by atoms with van der Waals surface area (Å²) in [7, 11) is 0. The number of piperazine rings is 1. The van der Waals surface area contributed by atoms with Crippen LogP contribution in [0.2, 0.25) is 0 Å². The van der Waals surface area contributed by atoms with Crippen molar-refractivity contribution >= 4 is 28.4 Å². The Hall–Kier alpha value is -3.55. The number of hydrogen-bond acceptors (Lipinski definition) is 8. The second kappa shape index (κ2) is 12.1. The Labute approximate surface area is 235 Å². The van der Waals surface area contributed by atoms with E-state index in [1.165, 1.54) is 13.0 Å². The summed E-state index contributed by atoms with van der Waals surface area (Å²) in [6.07, 6.45) is -2.37. The summed E-state index contributed by atoms with van der Waals surface area (Å²) in [6.45, 7) is 9.26. The number of aryl methyl sites for hydroxylation is 1. The van der Waals surface area contributed by atoms with E-state index in [9.17, 15) is 22.8 Å². The number of aromatic nitrogens is 3. The molecular weight excluding hydrogens is 539 g/mol. The third-order valence-corrected chi connectivity index (χ3v) is 7.48. The van der Waals surface area contributed by atoms with Gasteiger partial charge in [0.2, 0.25) is 11.3 Å². The molecule has 0 unspecified atom stereocenters. The van der Waals surface area contributed by atoms with Crippen molar-refractivity contribution in [3.05, 3.63) is 57.1 Å². The molecular formula is C28H34F3N7O3. The maximum absolute atomic E-state index is 13.9. The van der Waals surface area contributed by atoms with E-state index >= 15 is 0 Å². The molecule has 1 amide bonds. The Balaban J connectivity index is 1.53. The first-order valence-corrected chi connectivity index (χ1v) is 13.8. The lowest BCUT2D eigenvalue weighted by molar-refractivity contribution is -0.137. The number of nitrogens with zero attached hydrogens (tertiary/aromatic N) is 5. The summed E-state index contributed by atoms with van der Waals surface area (Å²) in [6, 6.07) is 3.20. The molecule has 0 spiro atoms. The van der Waals surface area contributed by atoms with E-state index in [1.54, 1.807) is 10.8 Å². The Morgan fingerprint density at radius 3 is 2.54 bits per heavy atom. The highest BCUT2D eigenvalue weighted by Crippen LogP contribution is 2.31. The molecule has 1 aromatic carbocycles. The number of rotatable bonds is 7. The van der Waals surface area contributed by atoms with Gasteiger partial charge in [-0.2, -0.15) is 13.2 Å². The average molecular weight is 574 g/mol. The fourth-order valence-corrected chi connectivity index (χ4v) is 5.39. The Kier molecular flexibility index (Phi) is 8.57. The zero-order valence-electron chi connectivity index (χ0n) is 23.2. The van der Waals surface area contributed by atoms with Gasteiger partial charge in [0.1, 0.15) is 12.2 Å². The summed E-state index contributed by atoms with van der Waals surface area (Å²) < 4.78 is 46.5. The van der Waals surface area contributed by atoms with E-state index in [0.717, 1.165) is 38.3 Å². The molecule has 0 radical (unpaired) electrons. The first-order valence-electron chi connectivity index (χ1n) is 13.8. The number of ether oxygens (including phenoxy) is 1. The fourth-order valence-electron chi connectivity index (χ4n) is 5.39. The van der Waals surface area contributed by atoms with Gasteiger partial charge in [-0.25, -0.2) is 9.97 Å². The number of hydrogen-bond donors (Lipinski definition) is 2. The van der Waals surface area contributed by atoms with Crippen LogP contribution in [0.15, 0.2) is 29.2 Å². The smallest absolute Gasteiger partial charge is 0.379 e. The van der Waals surface area contributed by atoms with Crippen LogP contribution in [0.4, 0.5) is 24.5 Å². The van der Waals surface area contributed by atoms with Crippen molar-refractivity contribution in [3.63, 3.8) is 0 Å². The van der Waals surface area contributed by atoms with E-state index in [4.69, 9.17) is 9.72 Å². The van der Waals surface area contributed by atoms with Crippen LogP contribution in [0.1, 0.15) is 29.4 Å². The van der Waals surface area contributed by atoms with E-state index in [-0.39, 0.29) is 23.2 Å². The van der Waals surface area contributed by atoms with E-state index in [0.29, 0.717) is 67.6 Å². The maximum atomic E-state index is 13.9. The number of carbonyl (C=O) groups excluding carboxylic acids is 1. The number of amides is 1. The molecule has 13 heteroatoms. The number of fused-ring (bicyclic) bond motifs is 1. The van der Waals surface area contributed by atoms with E-state index in [1.807, 2.05) is 11.8 Å². The first-order chi connectivity index (χ1) is 19.7. The molecule has 2 saturated heterocycles. The second-order valence-electron chi connectivity index (χ2n) is 10.3. The predicted molar refractivity (Wildman–Crippen MR) is 149 cm³/mol. The van der Waals surface area contributed by atoms with Crippen LogP contribution in [-0.2, 0) is 35.2 Å². The minimum Gasteiger partial charge on any atom is -0.379 e. The normalized spacial score (nSPS) is 16.8. The number of pyridine rings is 1. The first kappa shape index (κ1) is 29.0. The van der Waals surface area contributed by atoms with E-state index < -0.39 is 17.6 Å². The Morgan fingerprint density at radius 1 is 1.15 bits per heavy atom. The second-order valence-corrected chi connectivity index (χ2v) is 10.3. The number of carbonyl (C=O) groups is 1. The molecule has 0 saturated carbocycles. The molecule has 0 atom stereocenters. The van der Waals surface area contributed by atoms with Crippen LogP contribution in [0.25, 0.3) is 11.2 Å². The molecule has 0 bridgehead atoms. The van der Waals surface area contributed by atoms with Crippen LogP contribution in [0.3, 0.4) is 0 Å². The van der Waals surface area contributed by atoms with Gasteiger partial charge in [-0.1, -0.05) is 6.92 Å². The molecule has 4 heterocycles. The molecule has 2 aromatic heterocycles. The topological polar surface area (TPSA) is 105 Å². The van der Waals surface area contributed by atoms with Crippen molar-refractivity contribution in [1.82, 2.24) is 24.8 Å². The molecule has 2 aliphatic rings. The van der Waals surface area contributed by atoms with Crippen LogP contribution in [0.5, 0.6) is 0 Å². The van der Waals surface area contributed by atoms with Crippen molar-refractivity contribution in [2.45, 2.75) is 39.5 Å². The third-order valence-electron chi connectivity index (χ3n) is 7.48. The zero-order chi connectivity index (χ0) is 29.1. The molecule has 2 fully saturated rings. The van der Waals surface area contributed by atoms with Gasteiger partial charge < -0.3 is 24.8 Å². The highest BCUT2D eigenvalue weighted by Gasteiger charge is 2.31. The summed E-state index contributed by atoms with van der Waals surface area (Å²) in [5, 5.41) is 6.03. The van der Waals surface area contributed by atoms with Gasteiger partial charge in [-0.05, 0) is 37.1 Å². The zero-order valence-corrected chi connectivity index (χ0v) is 23.2. The number of alkyl halides is 3. The third kappa shape index (κ3) is 6.36. The van der Waals surface area contributed by atoms with Gasteiger partial charge in [-0.15, -0.1) is 0 Å². The number of benzene rings is 1. The molecule has 2 aliphatic heterocycles. The van der Waals surface area contributed by atoms with E-state index in [2.05, 4.69) is 20.5 Å². The minimum absolute atomic E-state index is 0.184. The lowest BCUT2D eigenvalue weighted by Crippen LogP contribution is -2.46. The largest absolute Gasteiger partial charge is 0.416 e. The van der Waals surface area contributed by atoms with Gasteiger partial charge >= 0.3 is 6.18 Å². The van der Waals surface area contributed by atoms with Gasteiger partial charge in [0.05, 0.1) is 30.7 Å². The molecule has 0 aliphatic carbocycles. The molecule has 10 nitrogen and oxygen atoms in total. The minimum atomic E-state index is -4.47. The van der Waals surface area contributed by atoms with Gasteiger partial charge in [-0.3, -0.25) is 14.5 Å². The van der Waals surface area contributed by atoms with Gasteiger partial charge in [0.15, 0.2) is 11.2 Å². The summed E-state index contributed by atoms with van der Waals surface area (Å²) >= 11 is 0. The summed E-state index contributed by atoms with van der Waals surface area (Å²) in [5.41, 5.74) is 1.91. The van der Waals surface area contributed by atoms with Crippen molar-refractivity contribution in [2.24, 2.45) is 0 Å². The SMILES string of the molecule is CCc1c(N2CCNCC2)c(=O)c2nc(CN3CCOCC3)cnc2n1CC(=O)Nc1ccc(C(F)(F)F)cc1C. The summed E-state index contributed by atoms with van der Waals surface area (Å²) in [4.78, 5) is 40.8. The standard InChI is InChI=1S/C28H34F3N7O3/c1-3-22-25(37-8-6-32-7-9-37)26(40)24-27(33-15-20(34-24)16-36-10-12-41-13-11-36)38(22)17-23(39)35-21-5-4-19(14-18(21)2)28(29,30)31/h4-5,14-15,32H,3,6-13,16-17H2,1-2H3,(H,35,39). The Morgan fingerprint density at radius 2 is 1.88 bits per heavy atom. The highest BCUT2D eigenvalue weighted by atomic mass is 19.4. The average Bonchev–Trinajstić information content (AvgIpc) is 2.96. The lowest BCUT2D eigenvalue weighted by atomic mass is 10.1. The van der Waals surface area contributed by atoms with Crippen LogP contribution < -0.4 is 21.0 Å². The molecule has 3 aromatic rings. The molecule has 2 N–H and O–H groups in total. The maximum Gasteiger partial charge on any atom is 0.416 e. The van der Waals surface area contributed by atoms with Crippen molar-refractivity contribution < 1.29 is 22.7 Å². The predicted octanol–water partition coefficient (Wildman–Crippen LogP) is 2.56.